The normalized spacial score (nSPS) is 15.7. The van der Waals surface area contributed by atoms with Gasteiger partial charge in [-0.25, -0.2) is 4.39 Å². The molecule has 1 aliphatic rings. The third kappa shape index (κ3) is 3.19. The summed E-state index contributed by atoms with van der Waals surface area (Å²) in [4.78, 5) is 0.914. The molecule has 0 saturated carbocycles. The number of thiophene rings is 1. The Kier molecular flexibility index (Phi) is 4.71. The molecule has 0 aliphatic carbocycles. The summed E-state index contributed by atoms with van der Waals surface area (Å²) in [5.74, 6) is 0.0471. The molecule has 3 aromatic rings. The lowest BCUT2D eigenvalue weighted by molar-refractivity contribution is 0.306. The van der Waals surface area contributed by atoms with Crippen LogP contribution in [-0.4, -0.2) is 10.2 Å². The van der Waals surface area contributed by atoms with Gasteiger partial charge < -0.3 is 15.2 Å². The summed E-state index contributed by atoms with van der Waals surface area (Å²) in [6.07, 6.45) is 0. The second kappa shape index (κ2) is 7.19. The van der Waals surface area contributed by atoms with Crippen molar-refractivity contribution in [3.05, 3.63) is 73.6 Å². The molecule has 28 heavy (non-hydrogen) atoms. The lowest BCUT2D eigenvalue weighted by atomic mass is 9.89. The van der Waals surface area contributed by atoms with Crippen LogP contribution >= 0.6 is 22.9 Å². The van der Waals surface area contributed by atoms with Crippen molar-refractivity contribution in [1.82, 2.24) is 10.2 Å². The number of nitriles is 1. The summed E-state index contributed by atoms with van der Waals surface area (Å²) >= 11 is 7.48. The minimum atomic E-state index is -0.422. The maximum atomic E-state index is 13.2. The Labute approximate surface area is 169 Å². The van der Waals surface area contributed by atoms with Gasteiger partial charge in [0.2, 0.25) is 11.8 Å². The summed E-state index contributed by atoms with van der Waals surface area (Å²) in [6, 6.07) is 8.07. The molecule has 0 bridgehead atoms. The Morgan fingerprint density at radius 2 is 2.29 bits per heavy atom. The zero-order chi connectivity index (χ0) is 19.8. The SMILES string of the molecule is Cc1[nH]nc2c1[C@H](c1cc(COc3ccc(F)cc3Cl)cs1)C(C#N)=C(N)O2. The fraction of sp³-hybridized carbons (Fsp3) is 0.158. The van der Waals surface area contributed by atoms with Gasteiger partial charge in [-0.1, -0.05) is 11.6 Å². The molecule has 0 unspecified atom stereocenters. The topological polar surface area (TPSA) is 97.0 Å². The van der Waals surface area contributed by atoms with Crippen LogP contribution < -0.4 is 15.2 Å². The molecule has 3 heterocycles. The number of nitrogens with zero attached hydrogens (tertiary/aromatic N) is 2. The third-order valence-corrected chi connectivity index (χ3v) is 5.72. The maximum absolute atomic E-state index is 13.2. The van der Waals surface area contributed by atoms with Crippen molar-refractivity contribution >= 4 is 22.9 Å². The summed E-state index contributed by atoms with van der Waals surface area (Å²) in [5.41, 5.74) is 8.76. The van der Waals surface area contributed by atoms with Crippen molar-refractivity contribution in [3.8, 4) is 17.7 Å². The number of aryl methyl sites for hydroxylation is 1. The van der Waals surface area contributed by atoms with E-state index in [0.717, 1.165) is 21.7 Å². The van der Waals surface area contributed by atoms with Crippen LogP contribution in [0.2, 0.25) is 5.02 Å². The van der Waals surface area contributed by atoms with E-state index in [1.165, 1.54) is 29.5 Å². The highest BCUT2D eigenvalue weighted by atomic mass is 35.5. The second-order valence-electron chi connectivity index (χ2n) is 6.21. The molecule has 1 aromatic carbocycles. The fourth-order valence-corrected chi connectivity index (χ4v) is 4.29. The van der Waals surface area contributed by atoms with Gasteiger partial charge in [-0.2, -0.15) is 5.26 Å². The van der Waals surface area contributed by atoms with Gasteiger partial charge in [0.1, 0.15) is 29.8 Å². The molecule has 142 valence electrons. The van der Waals surface area contributed by atoms with Gasteiger partial charge in [0.15, 0.2) is 0 Å². The minimum Gasteiger partial charge on any atom is -0.487 e. The van der Waals surface area contributed by atoms with Gasteiger partial charge in [0.05, 0.1) is 16.5 Å². The number of benzene rings is 1. The van der Waals surface area contributed by atoms with Gasteiger partial charge in [-0.05, 0) is 36.6 Å². The molecule has 0 fully saturated rings. The van der Waals surface area contributed by atoms with Crippen LogP contribution in [0.3, 0.4) is 0 Å². The molecule has 0 saturated heterocycles. The number of rotatable bonds is 4. The highest BCUT2D eigenvalue weighted by molar-refractivity contribution is 7.10. The van der Waals surface area contributed by atoms with Crippen LogP contribution in [0.4, 0.5) is 4.39 Å². The van der Waals surface area contributed by atoms with E-state index >= 15 is 0 Å². The predicted octanol–water partition coefficient (Wildman–Crippen LogP) is 4.37. The molecular weight excluding hydrogens is 403 g/mol. The van der Waals surface area contributed by atoms with Gasteiger partial charge >= 0.3 is 0 Å². The number of nitrogens with one attached hydrogen (secondary N) is 1. The Hall–Kier alpha value is -3.02. The zero-order valence-electron chi connectivity index (χ0n) is 14.6. The number of hydrogen-bond acceptors (Lipinski definition) is 6. The van der Waals surface area contributed by atoms with Crippen molar-refractivity contribution in [2.45, 2.75) is 19.4 Å². The quantitative estimate of drug-likeness (QED) is 0.658. The first-order valence-electron chi connectivity index (χ1n) is 8.25. The van der Waals surface area contributed by atoms with Crippen LogP contribution in [0.25, 0.3) is 0 Å². The van der Waals surface area contributed by atoms with Crippen LogP contribution in [0.5, 0.6) is 11.6 Å². The van der Waals surface area contributed by atoms with Crippen molar-refractivity contribution < 1.29 is 13.9 Å². The van der Waals surface area contributed by atoms with Crippen molar-refractivity contribution in [3.63, 3.8) is 0 Å². The number of ether oxygens (including phenoxy) is 2. The standard InChI is InChI=1S/C19H14ClFN4O2S/c1-9-16-17(12(6-22)18(23)27-19(16)25-24-9)15-4-10(8-28-15)7-26-14-3-2-11(21)5-13(14)20/h2-5,8,17H,7,23H2,1H3,(H,24,25)/t17-/m0/s1. The number of nitrogens with two attached hydrogens (primary N) is 1. The van der Waals surface area contributed by atoms with Gasteiger partial charge in [-0.15, -0.1) is 16.4 Å². The Bertz CT molecular complexity index is 1130. The second-order valence-corrected chi connectivity index (χ2v) is 7.56. The number of aromatic amines is 1. The van der Waals surface area contributed by atoms with Gasteiger partial charge in [0, 0.05) is 16.1 Å². The lowest BCUT2D eigenvalue weighted by Gasteiger charge is -2.22. The van der Waals surface area contributed by atoms with E-state index in [0.29, 0.717) is 17.2 Å². The number of hydrogen-bond donors (Lipinski definition) is 2. The van der Waals surface area contributed by atoms with Gasteiger partial charge in [0.25, 0.3) is 0 Å². The molecule has 0 radical (unpaired) electrons. The van der Waals surface area contributed by atoms with Crippen LogP contribution in [0.1, 0.15) is 27.6 Å². The van der Waals surface area contributed by atoms with E-state index in [1.807, 2.05) is 18.4 Å². The molecule has 6 nitrogen and oxygen atoms in total. The van der Waals surface area contributed by atoms with Crippen LogP contribution in [-0.2, 0) is 6.61 Å². The average molecular weight is 417 g/mol. The highest BCUT2D eigenvalue weighted by Crippen LogP contribution is 2.44. The monoisotopic (exact) mass is 416 g/mol. The van der Waals surface area contributed by atoms with E-state index in [2.05, 4.69) is 16.3 Å². The smallest absolute Gasteiger partial charge is 0.244 e. The number of halogens is 2. The molecular formula is C19H14ClFN4O2S. The first-order valence-corrected chi connectivity index (χ1v) is 9.51. The Morgan fingerprint density at radius 3 is 3.04 bits per heavy atom. The lowest BCUT2D eigenvalue weighted by Crippen LogP contribution is -2.20. The average Bonchev–Trinajstić information content (AvgIpc) is 3.27. The predicted molar refractivity (Wildman–Crippen MR) is 103 cm³/mol. The summed E-state index contributed by atoms with van der Waals surface area (Å²) in [7, 11) is 0. The third-order valence-electron chi connectivity index (χ3n) is 4.38. The Morgan fingerprint density at radius 1 is 1.46 bits per heavy atom. The van der Waals surface area contributed by atoms with Crippen molar-refractivity contribution in [2.24, 2.45) is 5.73 Å². The van der Waals surface area contributed by atoms with Crippen LogP contribution in [0.15, 0.2) is 41.1 Å². The molecule has 1 aliphatic heterocycles. The van der Waals surface area contributed by atoms with Crippen molar-refractivity contribution in [2.75, 3.05) is 0 Å². The van der Waals surface area contributed by atoms with Crippen molar-refractivity contribution in [1.29, 1.82) is 5.26 Å². The largest absolute Gasteiger partial charge is 0.487 e. The first-order chi connectivity index (χ1) is 13.5. The molecule has 3 N–H and O–H groups in total. The molecule has 4 rings (SSSR count). The molecule has 2 aromatic heterocycles. The molecule has 9 heteroatoms. The van der Waals surface area contributed by atoms with E-state index in [1.54, 1.807) is 0 Å². The number of allylic oxidation sites excluding steroid dienone is 1. The summed E-state index contributed by atoms with van der Waals surface area (Å²) < 4.78 is 24.3. The number of fused-ring (bicyclic) bond motifs is 1. The summed E-state index contributed by atoms with van der Waals surface area (Å²) in [5, 5.41) is 18.7. The maximum Gasteiger partial charge on any atom is 0.244 e. The number of aromatic nitrogens is 2. The van der Waals surface area contributed by atoms with Crippen LogP contribution in [0, 0.1) is 24.1 Å². The van der Waals surface area contributed by atoms with E-state index < -0.39 is 5.82 Å². The Balaban J connectivity index is 1.62. The zero-order valence-corrected chi connectivity index (χ0v) is 16.2. The highest BCUT2D eigenvalue weighted by Gasteiger charge is 2.35. The summed E-state index contributed by atoms with van der Waals surface area (Å²) in [6.45, 7) is 2.12. The van der Waals surface area contributed by atoms with E-state index in [4.69, 9.17) is 26.8 Å². The van der Waals surface area contributed by atoms with E-state index in [9.17, 15) is 9.65 Å². The van der Waals surface area contributed by atoms with E-state index in [-0.39, 0.29) is 23.4 Å². The van der Waals surface area contributed by atoms with Gasteiger partial charge in [-0.3, -0.25) is 5.10 Å². The molecule has 0 amide bonds. The minimum absolute atomic E-state index is 0.0517. The molecule has 0 spiro atoms. The molecule has 1 atom stereocenters. The first kappa shape index (κ1) is 18.3. The number of H-pyrrole nitrogens is 1. The fourth-order valence-electron chi connectivity index (χ4n) is 3.06.